The largest absolute Gasteiger partial charge is 2.00 e. The average molecular weight is 482 g/mol. The zero-order chi connectivity index (χ0) is 25.2. The maximum absolute atomic E-state index is 10.4. The first-order chi connectivity index (χ1) is 13.5. The summed E-state index contributed by atoms with van der Waals surface area (Å²) in [4.78, 5) is 60.7. The van der Waals surface area contributed by atoms with Gasteiger partial charge >= 0.3 is 21.7 Å². The van der Waals surface area contributed by atoms with E-state index in [4.69, 9.17) is 10.2 Å². The summed E-state index contributed by atoms with van der Waals surface area (Å²) in [5, 5.41) is 36.6. The van der Waals surface area contributed by atoms with Crippen LogP contribution in [0.3, 0.4) is 0 Å². The third kappa shape index (κ3) is 28.3. The van der Waals surface area contributed by atoms with Crippen LogP contribution in [0.4, 0.5) is 0 Å². The molecule has 0 spiro atoms. The Morgan fingerprint density at radius 3 is 0.774 bits per heavy atom. The molecule has 2 N–H and O–H groups in total. The Bertz CT molecular complexity index is 492. The van der Waals surface area contributed by atoms with Crippen LogP contribution in [-0.4, -0.2) is 57.5 Å². The van der Waals surface area contributed by atoms with Crippen molar-refractivity contribution in [3.63, 3.8) is 0 Å². The summed E-state index contributed by atoms with van der Waals surface area (Å²) in [6, 6.07) is 0. The van der Waals surface area contributed by atoms with Gasteiger partial charge in [0.05, 0.1) is 23.8 Å². The zero-order valence-electron chi connectivity index (χ0n) is 19.4. The van der Waals surface area contributed by atoms with Crippen LogP contribution in [0.25, 0.3) is 0 Å². The molecular weight excluding hydrogens is 448 g/mol. The van der Waals surface area contributed by atoms with Crippen molar-refractivity contribution in [3.05, 3.63) is 0 Å². The van der Waals surface area contributed by atoms with E-state index in [1.807, 2.05) is 0 Å². The van der Waals surface area contributed by atoms with E-state index in [1.54, 1.807) is 13.8 Å². The number of ketones is 4. The molecule has 4 unspecified atom stereocenters. The van der Waals surface area contributed by atoms with Crippen LogP contribution in [0.15, 0.2) is 0 Å². The number of hydrogen-bond acceptors (Lipinski definition) is 10. The molecule has 0 rings (SSSR count). The molecule has 4 atom stereocenters. The number of carbonyl (C=O) groups excluding carboxylic acids is 6. The monoisotopic (exact) mass is 482 g/mol. The number of carboxylic acids is 2. The predicted octanol–water partition coefficient (Wildman–Crippen LogP) is -1.39. The van der Waals surface area contributed by atoms with Gasteiger partial charge in [0.15, 0.2) is 11.6 Å². The minimum absolute atomic E-state index is 0. The van der Waals surface area contributed by atoms with Gasteiger partial charge in [-0.25, -0.2) is 0 Å². The number of rotatable bonds is 8. The van der Waals surface area contributed by atoms with Crippen molar-refractivity contribution in [2.75, 3.05) is 0 Å². The fourth-order valence-corrected chi connectivity index (χ4v) is 1.24. The third-order valence-corrected chi connectivity index (χ3v) is 3.54. The van der Waals surface area contributed by atoms with E-state index in [2.05, 4.69) is 0 Å². The summed E-state index contributed by atoms with van der Waals surface area (Å²) < 4.78 is 0. The van der Waals surface area contributed by atoms with E-state index in [-0.39, 0.29) is 44.9 Å². The molecule has 0 saturated heterocycles. The van der Waals surface area contributed by atoms with Crippen molar-refractivity contribution >= 4 is 35.1 Å². The predicted molar refractivity (Wildman–Crippen MR) is 104 cm³/mol. The van der Waals surface area contributed by atoms with Crippen LogP contribution < -0.4 is 10.2 Å². The molecule has 0 aliphatic rings. The van der Waals surface area contributed by atoms with Crippen LogP contribution >= 0.6 is 0 Å². The van der Waals surface area contributed by atoms with E-state index in [0.717, 1.165) is 0 Å². The van der Waals surface area contributed by atoms with Crippen LogP contribution in [0.1, 0.15) is 68.2 Å². The van der Waals surface area contributed by atoms with Crippen molar-refractivity contribution in [2.24, 2.45) is 11.8 Å². The fourth-order valence-electron chi connectivity index (χ4n) is 1.24. The summed E-state index contributed by atoms with van der Waals surface area (Å²) in [6.45, 7) is 11.4. The van der Waals surface area contributed by atoms with Crippen LogP contribution in [0.5, 0.6) is 0 Å². The number of Topliss-reactive ketones (excluding diaryl/α,β-unsaturated/α-hetero) is 4. The second-order valence-corrected chi connectivity index (χ2v) is 6.35. The number of carbonyl (C=O) groups is 6. The molecule has 0 fully saturated rings. The molecule has 0 aromatic heterocycles. The summed E-state index contributed by atoms with van der Waals surface area (Å²) in [5.74, 6) is -5.41. The van der Waals surface area contributed by atoms with E-state index in [9.17, 15) is 39.0 Å². The molecule has 11 heteroatoms. The molecule has 0 aliphatic heterocycles. The van der Waals surface area contributed by atoms with E-state index >= 15 is 0 Å². The van der Waals surface area contributed by atoms with Crippen LogP contribution in [0.2, 0.25) is 0 Å². The van der Waals surface area contributed by atoms with Crippen molar-refractivity contribution < 1.29 is 70.9 Å². The minimum atomic E-state index is -1.27. The zero-order valence-corrected chi connectivity index (χ0v) is 20.9. The van der Waals surface area contributed by atoms with Gasteiger partial charge < -0.3 is 30.0 Å². The number of aliphatic carboxylic acids is 2. The molecule has 0 saturated carbocycles. The molecule has 0 bridgehead atoms. The van der Waals surface area contributed by atoms with Crippen LogP contribution in [0, 0.1) is 11.8 Å². The Labute approximate surface area is 198 Å². The van der Waals surface area contributed by atoms with Crippen molar-refractivity contribution in [1.29, 1.82) is 0 Å². The Morgan fingerprint density at radius 2 is 0.774 bits per heavy atom. The summed E-state index contributed by atoms with van der Waals surface area (Å²) in [5.41, 5.74) is 0. The van der Waals surface area contributed by atoms with Gasteiger partial charge in [0.25, 0.3) is 0 Å². The Kier molecular flexibility index (Phi) is 29.4. The molecule has 178 valence electrons. The maximum atomic E-state index is 10.4. The molecule has 0 aromatic rings. The number of carboxylic acid groups (broad SMARTS) is 2. The molecule has 31 heavy (non-hydrogen) atoms. The molecule has 10 nitrogen and oxygen atoms in total. The Balaban J connectivity index is -0.0000000977. The topological polar surface area (TPSA) is 189 Å². The first-order valence-electron chi connectivity index (χ1n) is 9.27. The number of aliphatic hydroxyl groups excluding tert-OH is 2. The average Bonchev–Trinajstić information content (AvgIpc) is 2.56. The summed E-state index contributed by atoms with van der Waals surface area (Å²) in [6.07, 6.45) is -0.940. The number of hydrogen-bond donors (Lipinski definition) is 2. The third-order valence-electron chi connectivity index (χ3n) is 3.54. The molecule has 0 aliphatic carbocycles. The van der Waals surface area contributed by atoms with Gasteiger partial charge in [-0.05, 0) is 54.4 Å². The minimum Gasteiger partial charge on any atom is -0.549 e. The first kappa shape index (κ1) is 39.7. The van der Waals surface area contributed by atoms with E-state index in [1.165, 1.54) is 41.5 Å². The van der Waals surface area contributed by atoms with Gasteiger partial charge in [-0.3, -0.25) is 19.2 Å². The fraction of sp³-hybridized carbons (Fsp3) is 0.700. The standard InChI is InChI=1S/2C6H10O3.2C4H8O2.Ti/c2*1-3-5(4(2)7)6(8)9;2*1-3(5)4(2)6;/h2*5H,3H2,1-2H3,(H,8,9);2*3,5H,1-2H3;/q;;;;+2/p-2. The molecule has 0 aromatic carbocycles. The van der Waals surface area contributed by atoms with Crippen molar-refractivity contribution in [1.82, 2.24) is 0 Å². The second-order valence-electron chi connectivity index (χ2n) is 6.35. The summed E-state index contributed by atoms with van der Waals surface area (Å²) >= 11 is 0. The smallest absolute Gasteiger partial charge is 0.549 e. The summed E-state index contributed by atoms with van der Waals surface area (Å²) in [7, 11) is 0. The normalized spacial score (nSPS) is 12.7. The van der Waals surface area contributed by atoms with Gasteiger partial charge in [-0.2, -0.15) is 0 Å². The number of aliphatic hydroxyl groups is 2. The van der Waals surface area contributed by atoms with Crippen molar-refractivity contribution in [2.45, 2.75) is 80.4 Å². The van der Waals surface area contributed by atoms with Gasteiger partial charge in [-0.1, -0.05) is 13.8 Å². The van der Waals surface area contributed by atoms with Gasteiger partial charge in [0.1, 0.15) is 23.8 Å². The Hall–Kier alpha value is -1.75. The van der Waals surface area contributed by atoms with E-state index < -0.39 is 36.0 Å². The molecule has 0 radical (unpaired) electrons. The van der Waals surface area contributed by atoms with Crippen LogP contribution in [-0.2, 0) is 50.5 Å². The molecule has 0 heterocycles. The van der Waals surface area contributed by atoms with E-state index in [0.29, 0.717) is 12.8 Å². The van der Waals surface area contributed by atoms with Crippen molar-refractivity contribution in [3.8, 4) is 0 Å². The quantitative estimate of drug-likeness (QED) is 0.308. The first-order valence-corrected chi connectivity index (χ1v) is 9.27. The SMILES string of the molecule is CC(=O)C(C)O.CC(=O)C(C)O.CCC(C(C)=O)C(=O)[O-].CCC(C(C)=O)C(=O)[O-].[Ti+2]. The van der Waals surface area contributed by atoms with Gasteiger partial charge in [0, 0.05) is 0 Å². The second kappa shape index (κ2) is 22.9. The maximum Gasteiger partial charge on any atom is 2.00 e. The molecule has 0 amide bonds. The van der Waals surface area contributed by atoms with Gasteiger partial charge in [-0.15, -0.1) is 0 Å². The van der Waals surface area contributed by atoms with Gasteiger partial charge in [0.2, 0.25) is 0 Å². The molecular formula is C20H34O10Ti. The Morgan fingerprint density at radius 1 is 0.613 bits per heavy atom.